The molecule has 1 aliphatic heterocycles. The van der Waals surface area contributed by atoms with Gasteiger partial charge in [-0.3, -0.25) is 19.2 Å². The average Bonchev–Trinajstić information content (AvgIpc) is 3.80. The van der Waals surface area contributed by atoms with Gasteiger partial charge in [0.25, 0.3) is 5.91 Å². The second-order valence-corrected chi connectivity index (χ2v) is 20.0. The van der Waals surface area contributed by atoms with Crippen molar-refractivity contribution >= 4 is 39.4 Å². The lowest BCUT2D eigenvalue weighted by molar-refractivity contribution is -0.145. The molecule has 0 aromatic carbocycles. The molecule has 4 aliphatic rings. The molecule has 4 rings (SSSR count). The third-order valence-electron chi connectivity index (χ3n) is 10.9. The van der Waals surface area contributed by atoms with Crippen LogP contribution < -0.4 is 21.7 Å². The van der Waals surface area contributed by atoms with E-state index >= 15 is 0 Å². The Balaban J connectivity index is 1.53. The average molecular weight is 694 g/mol. The van der Waals surface area contributed by atoms with E-state index in [0.717, 1.165) is 44.9 Å². The molecular formula is C35H59N5O7S. The number of Topliss-reactive ketones (excluding diaryl/α,β-unsaturated/α-hetero) is 1. The topological polar surface area (TPSA) is 185 Å². The standard InChI is InChI=1S/C35H59N5O7S/c1-33(2,3)19-48(46,47)18-24(21-12-10-9-11-13-21)38-32(45)39-28(34(4,5)6)31(44)40-17-22-25(35(22,7)8)26(40)30(43)37-23(16-20-14-15-20)27(41)29(36)42/h20-26,28H,9-19H2,1-8H3,(H2,36,42)(H,37,43)(H2,38,39,45)/t22?,23?,24-,25?,26+,28-/m1/s1. The first-order valence-electron chi connectivity index (χ1n) is 17.7. The van der Waals surface area contributed by atoms with E-state index in [-0.39, 0.29) is 40.6 Å². The maximum absolute atomic E-state index is 14.4. The summed E-state index contributed by atoms with van der Waals surface area (Å²) < 4.78 is 26.5. The molecule has 3 saturated carbocycles. The second kappa shape index (κ2) is 13.9. The van der Waals surface area contributed by atoms with Crippen LogP contribution in [0.4, 0.5) is 4.79 Å². The highest BCUT2D eigenvalue weighted by Gasteiger charge is 2.70. The Morgan fingerprint density at radius 1 is 0.896 bits per heavy atom. The number of nitrogens with zero attached hydrogens (tertiary/aromatic N) is 1. The lowest BCUT2D eigenvalue weighted by Crippen LogP contribution is -2.62. The van der Waals surface area contributed by atoms with Crippen LogP contribution >= 0.6 is 0 Å². The molecule has 12 nitrogen and oxygen atoms in total. The SMILES string of the molecule is CC(C)(C)CS(=O)(=O)C[C@@H](NC(=O)N[C@H](C(=O)N1CC2C([C@H]1C(=O)NC(CC1CC1)C(=O)C(N)=O)C2(C)C)C(C)(C)C)C1CCCCC1. The van der Waals surface area contributed by atoms with Gasteiger partial charge in [-0.15, -0.1) is 0 Å². The Labute approximate surface area is 286 Å². The van der Waals surface area contributed by atoms with Crippen LogP contribution in [0.3, 0.4) is 0 Å². The number of carbonyl (C=O) groups is 5. The largest absolute Gasteiger partial charge is 0.363 e. The molecule has 5 amide bonds. The van der Waals surface area contributed by atoms with Gasteiger partial charge >= 0.3 is 6.03 Å². The number of hydrogen-bond donors (Lipinski definition) is 4. The summed E-state index contributed by atoms with van der Waals surface area (Å²) in [5.41, 5.74) is 3.92. The molecule has 0 radical (unpaired) electrons. The Morgan fingerprint density at radius 3 is 2.02 bits per heavy atom. The Kier molecular flexibility index (Phi) is 11.0. The zero-order valence-corrected chi connectivity index (χ0v) is 31.0. The zero-order chi connectivity index (χ0) is 36.0. The van der Waals surface area contributed by atoms with Crippen molar-refractivity contribution in [2.75, 3.05) is 18.1 Å². The fourth-order valence-electron chi connectivity index (χ4n) is 8.14. The van der Waals surface area contributed by atoms with Crippen molar-refractivity contribution < 1.29 is 32.4 Å². The number of primary amides is 1. The number of piperidine rings is 1. The normalized spacial score (nSPS) is 26.1. The van der Waals surface area contributed by atoms with E-state index in [4.69, 9.17) is 5.73 Å². The van der Waals surface area contributed by atoms with Crippen LogP contribution in [-0.4, -0.2) is 85.1 Å². The van der Waals surface area contributed by atoms with Crippen LogP contribution in [0, 0.1) is 39.9 Å². The molecule has 272 valence electrons. The summed E-state index contributed by atoms with van der Waals surface area (Å²) in [6.45, 7) is 15.5. The molecule has 13 heteroatoms. The van der Waals surface area contributed by atoms with Crippen molar-refractivity contribution in [1.29, 1.82) is 0 Å². The third kappa shape index (κ3) is 9.29. The third-order valence-corrected chi connectivity index (χ3v) is 13.1. The number of hydrogen-bond acceptors (Lipinski definition) is 7. The Morgan fingerprint density at radius 2 is 1.50 bits per heavy atom. The molecule has 6 atom stereocenters. The number of rotatable bonds is 13. The number of nitrogens with one attached hydrogen (secondary N) is 3. The van der Waals surface area contributed by atoms with E-state index in [1.165, 1.54) is 4.90 Å². The second-order valence-electron chi connectivity index (χ2n) is 17.9. The molecule has 0 spiro atoms. The van der Waals surface area contributed by atoms with E-state index in [1.54, 1.807) is 0 Å². The van der Waals surface area contributed by atoms with Crippen LogP contribution in [0.1, 0.15) is 107 Å². The predicted molar refractivity (Wildman–Crippen MR) is 183 cm³/mol. The van der Waals surface area contributed by atoms with Gasteiger partial charge in [-0.1, -0.05) is 87.5 Å². The van der Waals surface area contributed by atoms with E-state index in [2.05, 4.69) is 16.0 Å². The van der Waals surface area contributed by atoms with Crippen LogP contribution in [-0.2, 0) is 29.0 Å². The summed E-state index contributed by atoms with van der Waals surface area (Å²) in [6.07, 6.45) is 6.80. The fraction of sp³-hybridized carbons (Fsp3) is 0.857. The highest BCUT2D eigenvalue weighted by Crippen LogP contribution is 2.65. The van der Waals surface area contributed by atoms with Crippen molar-refractivity contribution in [2.24, 2.45) is 45.7 Å². The quantitative estimate of drug-likeness (QED) is 0.214. The number of carbonyl (C=O) groups excluding carboxylic acids is 5. The smallest absolute Gasteiger partial charge is 0.315 e. The highest BCUT2D eigenvalue weighted by atomic mass is 32.2. The highest BCUT2D eigenvalue weighted by molar-refractivity contribution is 7.91. The molecule has 0 aromatic rings. The Hall–Kier alpha value is -2.70. The van der Waals surface area contributed by atoms with Gasteiger partial charge in [0.05, 0.1) is 17.5 Å². The monoisotopic (exact) mass is 693 g/mol. The first-order valence-corrected chi connectivity index (χ1v) is 19.6. The summed E-state index contributed by atoms with van der Waals surface area (Å²) >= 11 is 0. The molecule has 1 saturated heterocycles. The van der Waals surface area contributed by atoms with Crippen LogP contribution in [0.2, 0.25) is 0 Å². The maximum Gasteiger partial charge on any atom is 0.315 e. The maximum atomic E-state index is 14.4. The van der Waals surface area contributed by atoms with E-state index in [0.29, 0.717) is 13.0 Å². The summed E-state index contributed by atoms with van der Waals surface area (Å²) in [5, 5.41) is 8.60. The minimum absolute atomic E-state index is 0.000728. The number of likely N-dealkylation sites (tertiary alicyclic amines) is 1. The molecule has 3 aliphatic carbocycles. The van der Waals surface area contributed by atoms with Crippen molar-refractivity contribution in [3.8, 4) is 0 Å². The number of sulfone groups is 1. The first kappa shape index (κ1) is 38.1. The van der Waals surface area contributed by atoms with Gasteiger partial charge in [0, 0.05) is 12.6 Å². The van der Waals surface area contributed by atoms with E-state index < -0.39 is 74.4 Å². The van der Waals surface area contributed by atoms with Gasteiger partial charge in [-0.05, 0) is 59.2 Å². The van der Waals surface area contributed by atoms with Crippen molar-refractivity contribution in [2.45, 2.75) is 131 Å². The molecule has 3 unspecified atom stereocenters. The minimum Gasteiger partial charge on any atom is -0.363 e. The molecule has 1 heterocycles. The van der Waals surface area contributed by atoms with Gasteiger partial charge in [-0.2, -0.15) is 0 Å². The number of urea groups is 1. The Bertz CT molecular complexity index is 1370. The lowest BCUT2D eigenvalue weighted by Gasteiger charge is -2.38. The number of nitrogens with two attached hydrogens (primary N) is 1. The van der Waals surface area contributed by atoms with Gasteiger partial charge in [0.2, 0.25) is 17.6 Å². The van der Waals surface area contributed by atoms with Gasteiger partial charge in [0.1, 0.15) is 12.1 Å². The predicted octanol–water partition coefficient (Wildman–Crippen LogP) is 2.93. The summed E-state index contributed by atoms with van der Waals surface area (Å²) in [4.78, 5) is 67.9. The number of fused-ring (bicyclic) bond motifs is 1. The first-order chi connectivity index (χ1) is 22.0. The van der Waals surface area contributed by atoms with Gasteiger partial charge in [-0.25, -0.2) is 13.2 Å². The summed E-state index contributed by atoms with van der Waals surface area (Å²) in [5.74, 6) is -2.89. The van der Waals surface area contributed by atoms with Crippen LogP contribution in [0.25, 0.3) is 0 Å². The lowest BCUT2D eigenvalue weighted by atomic mass is 9.84. The van der Waals surface area contributed by atoms with Gasteiger partial charge < -0.3 is 26.6 Å². The van der Waals surface area contributed by atoms with Crippen LogP contribution in [0.5, 0.6) is 0 Å². The summed E-state index contributed by atoms with van der Waals surface area (Å²) in [6, 6.07) is -4.17. The molecule has 5 N–H and O–H groups in total. The van der Waals surface area contributed by atoms with Crippen LogP contribution in [0.15, 0.2) is 0 Å². The molecule has 4 fully saturated rings. The van der Waals surface area contributed by atoms with E-state index in [9.17, 15) is 32.4 Å². The van der Waals surface area contributed by atoms with Gasteiger partial charge in [0.15, 0.2) is 9.84 Å². The van der Waals surface area contributed by atoms with Crippen molar-refractivity contribution in [1.82, 2.24) is 20.9 Å². The molecule has 0 aromatic heterocycles. The summed E-state index contributed by atoms with van der Waals surface area (Å²) in [7, 11) is -3.49. The minimum atomic E-state index is -3.49. The van der Waals surface area contributed by atoms with Crippen molar-refractivity contribution in [3.05, 3.63) is 0 Å². The fourth-order valence-corrected chi connectivity index (χ4v) is 10.5. The number of ketones is 1. The molecule has 0 bridgehead atoms. The number of amides is 5. The van der Waals surface area contributed by atoms with Crippen molar-refractivity contribution in [3.63, 3.8) is 0 Å². The zero-order valence-electron chi connectivity index (χ0n) is 30.2. The molecule has 48 heavy (non-hydrogen) atoms. The van der Waals surface area contributed by atoms with E-state index in [1.807, 2.05) is 55.4 Å². The molecular weight excluding hydrogens is 634 g/mol.